The Balaban J connectivity index is 1.40. The van der Waals surface area contributed by atoms with Crippen LogP contribution in [0, 0.1) is 17.7 Å². The molecule has 0 unspecified atom stereocenters. The first-order valence-electron chi connectivity index (χ1n) is 11.3. The third-order valence-corrected chi connectivity index (χ3v) is 6.87. The zero-order valence-electron chi connectivity index (χ0n) is 18.4. The van der Waals surface area contributed by atoms with Crippen LogP contribution in [0.25, 0.3) is 11.3 Å². The fourth-order valence-electron chi connectivity index (χ4n) is 4.34. The Labute approximate surface area is 195 Å². The van der Waals surface area contributed by atoms with Gasteiger partial charge in [-0.3, -0.25) is 9.59 Å². The lowest BCUT2D eigenvalue weighted by Crippen LogP contribution is -2.29. The van der Waals surface area contributed by atoms with E-state index >= 15 is 0 Å². The number of epoxide rings is 1. The second-order valence-electron chi connectivity index (χ2n) is 8.52. The van der Waals surface area contributed by atoms with Gasteiger partial charge >= 0.3 is 5.97 Å². The fourth-order valence-corrected chi connectivity index (χ4v) is 5.07. The SMILES string of the molecule is CCOC(=O)[C@@H]1O[C@H]1C(=O)C[C@@H](CC1CCCC1)C(=O)Nc1nc(-c2ccc(F)cc2)cs1. The van der Waals surface area contributed by atoms with E-state index in [-0.39, 0.29) is 30.5 Å². The molecule has 0 radical (unpaired) electrons. The maximum absolute atomic E-state index is 13.2. The van der Waals surface area contributed by atoms with Gasteiger partial charge in [0.1, 0.15) is 5.82 Å². The Morgan fingerprint density at radius 1 is 1.21 bits per heavy atom. The van der Waals surface area contributed by atoms with E-state index in [9.17, 15) is 18.8 Å². The number of halogens is 1. The van der Waals surface area contributed by atoms with Crippen LogP contribution in [0.5, 0.6) is 0 Å². The quantitative estimate of drug-likeness (QED) is 0.406. The maximum Gasteiger partial charge on any atom is 0.338 e. The summed E-state index contributed by atoms with van der Waals surface area (Å²) in [6.07, 6.45) is 3.32. The fraction of sp³-hybridized carbons (Fsp3) is 0.500. The first-order chi connectivity index (χ1) is 15.9. The predicted octanol–water partition coefficient (Wildman–Crippen LogP) is 4.37. The van der Waals surface area contributed by atoms with Gasteiger partial charge in [-0.25, -0.2) is 14.2 Å². The molecule has 33 heavy (non-hydrogen) atoms. The van der Waals surface area contributed by atoms with Crippen molar-refractivity contribution in [2.75, 3.05) is 11.9 Å². The molecule has 2 aliphatic rings. The number of hydrogen-bond acceptors (Lipinski definition) is 7. The summed E-state index contributed by atoms with van der Waals surface area (Å²) in [4.78, 5) is 42.1. The molecule has 0 spiro atoms. The highest BCUT2D eigenvalue weighted by Gasteiger charge is 2.51. The van der Waals surface area contributed by atoms with Gasteiger partial charge < -0.3 is 14.8 Å². The number of hydrogen-bond donors (Lipinski definition) is 1. The number of carbonyl (C=O) groups excluding carboxylic acids is 3. The number of nitrogens with one attached hydrogen (secondary N) is 1. The van der Waals surface area contributed by atoms with E-state index in [0.29, 0.717) is 23.2 Å². The minimum absolute atomic E-state index is 0.0130. The summed E-state index contributed by atoms with van der Waals surface area (Å²) in [5.41, 5.74) is 1.39. The first kappa shape index (κ1) is 23.5. The molecule has 7 nitrogen and oxygen atoms in total. The highest BCUT2D eigenvalue weighted by molar-refractivity contribution is 7.14. The second-order valence-corrected chi connectivity index (χ2v) is 9.38. The highest BCUT2D eigenvalue weighted by Crippen LogP contribution is 2.34. The zero-order valence-corrected chi connectivity index (χ0v) is 19.2. The van der Waals surface area contributed by atoms with Gasteiger partial charge in [-0.15, -0.1) is 11.3 Å². The molecule has 2 aromatic rings. The summed E-state index contributed by atoms with van der Waals surface area (Å²) in [6.45, 7) is 1.92. The smallest absolute Gasteiger partial charge is 0.338 e. The van der Waals surface area contributed by atoms with Crippen LogP contribution in [0.2, 0.25) is 0 Å². The number of ether oxygens (including phenoxy) is 2. The van der Waals surface area contributed by atoms with E-state index < -0.39 is 24.1 Å². The van der Waals surface area contributed by atoms with Crippen molar-refractivity contribution in [3.63, 3.8) is 0 Å². The number of anilines is 1. The van der Waals surface area contributed by atoms with Gasteiger partial charge in [0.2, 0.25) is 5.91 Å². The molecular weight excluding hydrogens is 447 g/mol. The molecule has 9 heteroatoms. The average Bonchev–Trinajstić information content (AvgIpc) is 3.19. The lowest BCUT2D eigenvalue weighted by atomic mass is 9.88. The molecule has 1 saturated heterocycles. The van der Waals surface area contributed by atoms with Gasteiger partial charge in [-0.1, -0.05) is 25.7 Å². The molecule has 1 aromatic heterocycles. The van der Waals surface area contributed by atoms with Crippen molar-refractivity contribution in [2.24, 2.45) is 11.8 Å². The topological polar surface area (TPSA) is 97.9 Å². The van der Waals surface area contributed by atoms with Crippen molar-refractivity contribution >= 4 is 34.1 Å². The van der Waals surface area contributed by atoms with E-state index in [1.54, 1.807) is 24.4 Å². The lowest BCUT2D eigenvalue weighted by molar-refractivity contribution is -0.144. The number of Topliss-reactive ketones (excluding diaryl/α,β-unsaturated/α-hetero) is 1. The van der Waals surface area contributed by atoms with Crippen molar-refractivity contribution in [1.29, 1.82) is 0 Å². The monoisotopic (exact) mass is 474 g/mol. The van der Waals surface area contributed by atoms with E-state index in [1.165, 1.54) is 23.5 Å². The lowest BCUT2D eigenvalue weighted by Gasteiger charge is -2.18. The van der Waals surface area contributed by atoms with Crippen molar-refractivity contribution in [2.45, 2.75) is 57.7 Å². The number of rotatable bonds is 10. The molecule has 4 rings (SSSR count). The summed E-state index contributed by atoms with van der Waals surface area (Å²) < 4.78 is 23.3. The zero-order chi connectivity index (χ0) is 23.4. The van der Waals surface area contributed by atoms with Gasteiger partial charge in [0.15, 0.2) is 23.1 Å². The Bertz CT molecular complexity index is 1000. The number of nitrogens with zero attached hydrogens (tertiary/aromatic N) is 1. The number of benzene rings is 1. The molecule has 1 saturated carbocycles. The molecule has 3 atom stereocenters. The van der Waals surface area contributed by atoms with Crippen molar-refractivity contribution in [3.8, 4) is 11.3 Å². The Kier molecular flexibility index (Phi) is 7.49. The van der Waals surface area contributed by atoms with Crippen LogP contribution in [0.1, 0.15) is 45.4 Å². The number of aromatic nitrogens is 1. The number of esters is 1. The standard InChI is InChI=1S/C24H27FN2O5S/c1-2-31-23(30)21-20(32-21)19(28)12-16(11-14-5-3-4-6-14)22(29)27-24-26-18(13-33-24)15-7-9-17(25)10-8-15/h7-10,13-14,16,20-21H,2-6,11-12H2,1H3,(H,26,27,29)/t16-,20+,21-/m1/s1. The Morgan fingerprint density at radius 3 is 2.64 bits per heavy atom. The summed E-state index contributed by atoms with van der Waals surface area (Å²) in [7, 11) is 0. The van der Waals surface area contributed by atoms with E-state index in [2.05, 4.69) is 10.3 Å². The number of carbonyl (C=O) groups is 3. The van der Waals surface area contributed by atoms with Crippen LogP contribution in [0.3, 0.4) is 0 Å². The third kappa shape index (κ3) is 6.03. The largest absolute Gasteiger partial charge is 0.464 e. The van der Waals surface area contributed by atoms with E-state index in [4.69, 9.17) is 9.47 Å². The molecule has 176 valence electrons. The van der Waals surface area contributed by atoms with Gasteiger partial charge in [-0.05, 0) is 43.5 Å². The molecule has 2 fully saturated rings. The summed E-state index contributed by atoms with van der Waals surface area (Å²) in [6, 6.07) is 5.99. The molecule has 1 aliphatic heterocycles. The average molecular weight is 475 g/mol. The van der Waals surface area contributed by atoms with E-state index in [0.717, 1.165) is 31.2 Å². The Morgan fingerprint density at radius 2 is 1.94 bits per heavy atom. The van der Waals surface area contributed by atoms with E-state index in [1.807, 2.05) is 0 Å². The van der Waals surface area contributed by atoms with Crippen LogP contribution in [-0.2, 0) is 23.9 Å². The first-order valence-corrected chi connectivity index (χ1v) is 12.2. The molecule has 1 aromatic carbocycles. The molecule has 0 bridgehead atoms. The van der Waals surface area contributed by atoms with Gasteiger partial charge in [-0.2, -0.15) is 0 Å². The maximum atomic E-state index is 13.2. The predicted molar refractivity (Wildman–Crippen MR) is 121 cm³/mol. The molecular formula is C24H27FN2O5S. The summed E-state index contributed by atoms with van der Waals surface area (Å²) in [5, 5.41) is 5.07. The van der Waals surface area contributed by atoms with Gasteiger partial charge in [0.25, 0.3) is 0 Å². The summed E-state index contributed by atoms with van der Waals surface area (Å²) in [5.74, 6) is -1.50. The Hall–Kier alpha value is -2.65. The minimum atomic E-state index is -0.857. The van der Waals surface area contributed by atoms with Gasteiger partial charge in [0.05, 0.1) is 12.3 Å². The third-order valence-electron chi connectivity index (χ3n) is 6.11. The molecule has 1 aliphatic carbocycles. The van der Waals surface area contributed by atoms with Crippen molar-refractivity contribution < 1.29 is 28.2 Å². The molecule has 1 amide bonds. The number of ketones is 1. The second kappa shape index (κ2) is 10.5. The number of amides is 1. The van der Waals surface area contributed by atoms with Crippen LogP contribution in [0.15, 0.2) is 29.6 Å². The van der Waals surface area contributed by atoms with Crippen LogP contribution >= 0.6 is 11.3 Å². The number of thiazole rings is 1. The van der Waals surface area contributed by atoms with Crippen molar-refractivity contribution in [3.05, 3.63) is 35.5 Å². The van der Waals surface area contributed by atoms with Crippen LogP contribution in [0.4, 0.5) is 9.52 Å². The normalized spacial score (nSPS) is 20.9. The summed E-state index contributed by atoms with van der Waals surface area (Å²) >= 11 is 1.28. The highest BCUT2D eigenvalue weighted by atomic mass is 32.1. The molecule has 2 heterocycles. The van der Waals surface area contributed by atoms with Crippen LogP contribution in [-0.4, -0.2) is 41.5 Å². The van der Waals surface area contributed by atoms with Gasteiger partial charge in [0, 0.05) is 23.3 Å². The van der Waals surface area contributed by atoms with Crippen molar-refractivity contribution in [1.82, 2.24) is 4.98 Å². The minimum Gasteiger partial charge on any atom is -0.464 e. The van der Waals surface area contributed by atoms with Crippen LogP contribution < -0.4 is 5.32 Å². The molecule has 1 N–H and O–H groups in total.